The first-order chi connectivity index (χ1) is 11.1. The van der Waals surface area contributed by atoms with Crippen molar-refractivity contribution < 1.29 is 14.3 Å². The maximum absolute atomic E-state index is 11.6. The number of benzene rings is 2. The Hall–Kier alpha value is -2.08. The number of hydrogen-bond acceptors (Lipinski definition) is 4. The minimum absolute atomic E-state index is 0. The van der Waals surface area contributed by atoms with E-state index in [0.29, 0.717) is 13.2 Å². The molecule has 5 nitrogen and oxygen atoms in total. The second-order valence-corrected chi connectivity index (χ2v) is 5.32. The molecule has 0 saturated heterocycles. The van der Waals surface area contributed by atoms with Crippen LogP contribution >= 0.6 is 12.4 Å². The molecule has 3 N–H and O–H groups in total. The van der Waals surface area contributed by atoms with Gasteiger partial charge in [0.1, 0.15) is 5.75 Å². The number of amides is 1. The number of rotatable bonds is 7. The molecule has 0 aliphatic heterocycles. The molecule has 0 bridgehead atoms. The molecule has 0 aliphatic carbocycles. The van der Waals surface area contributed by atoms with Crippen LogP contribution in [0.4, 0.5) is 5.69 Å². The molecular formula is C18H23ClN2O3. The summed E-state index contributed by atoms with van der Waals surface area (Å²) in [6.45, 7) is 2.63. The minimum atomic E-state index is -0.537. The van der Waals surface area contributed by atoms with Gasteiger partial charge in [0.2, 0.25) is 5.91 Å². The van der Waals surface area contributed by atoms with Gasteiger partial charge in [-0.2, -0.15) is 0 Å². The van der Waals surface area contributed by atoms with Gasteiger partial charge in [0.05, 0.1) is 26.4 Å². The monoisotopic (exact) mass is 350 g/mol. The van der Waals surface area contributed by atoms with Crippen LogP contribution in [0.5, 0.6) is 5.75 Å². The molecule has 1 atom stereocenters. The van der Waals surface area contributed by atoms with Gasteiger partial charge in [0.15, 0.2) is 0 Å². The predicted molar refractivity (Wildman–Crippen MR) is 97.5 cm³/mol. The van der Waals surface area contributed by atoms with Gasteiger partial charge in [-0.25, -0.2) is 0 Å². The van der Waals surface area contributed by atoms with Crippen LogP contribution in [0.2, 0.25) is 0 Å². The maximum Gasteiger partial charge on any atom is 0.240 e. The molecule has 130 valence electrons. The van der Waals surface area contributed by atoms with E-state index in [1.165, 1.54) is 0 Å². The van der Waals surface area contributed by atoms with Gasteiger partial charge in [-0.05, 0) is 42.3 Å². The molecular weight excluding hydrogens is 328 g/mol. The van der Waals surface area contributed by atoms with Crippen molar-refractivity contribution in [2.75, 3.05) is 12.4 Å². The lowest BCUT2D eigenvalue weighted by Crippen LogP contribution is -2.32. The summed E-state index contributed by atoms with van der Waals surface area (Å²) in [5.74, 6) is 0.618. The third-order valence-electron chi connectivity index (χ3n) is 3.30. The van der Waals surface area contributed by atoms with Crippen molar-refractivity contribution >= 4 is 24.0 Å². The Morgan fingerprint density at radius 3 is 2.42 bits per heavy atom. The van der Waals surface area contributed by atoms with Gasteiger partial charge in [-0.15, -0.1) is 12.4 Å². The van der Waals surface area contributed by atoms with Crippen LogP contribution < -0.4 is 15.8 Å². The molecule has 1 unspecified atom stereocenters. The summed E-state index contributed by atoms with van der Waals surface area (Å²) < 4.78 is 10.8. The first kappa shape index (κ1) is 20.0. The number of carbonyl (C=O) groups excluding carboxylic acids is 1. The number of carbonyl (C=O) groups is 1. The lowest BCUT2D eigenvalue weighted by atomic mass is 10.2. The molecule has 0 heterocycles. The molecule has 6 heteroatoms. The molecule has 24 heavy (non-hydrogen) atoms. The first-order valence-corrected chi connectivity index (χ1v) is 7.44. The fraction of sp³-hybridized carbons (Fsp3) is 0.278. The molecule has 0 saturated carbocycles. The highest BCUT2D eigenvalue weighted by Crippen LogP contribution is 2.15. The summed E-state index contributed by atoms with van der Waals surface area (Å²) in [5, 5.41) is 2.77. The van der Waals surface area contributed by atoms with Gasteiger partial charge >= 0.3 is 0 Å². The largest absolute Gasteiger partial charge is 0.497 e. The van der Waals surface area contributed by atoms with Gasteiger partial charge in [0, 0.05) is 5.69 Å². The molecule has 0 spiro atoms. The average Bonchev–Trinajstić information content (AvgIpc) is 2.56. The molecule has 1 amide bonds. The number of nitrogens with two attached hydrogens (primary N) is 1. The molecule has 2 rings (SSSR count). The van der Waals surface area contributed by atoms with Crippen molar-refractivity contribution in [2.24, 2.45) is 5.73 Å². The highest BCUT2D eigenvalue weighted by Gasteiger charge is 2.07. The van der Waals surface area contributed by atoms with Crippen LogP contribution in [-0.2, 0) is 22.7 Å². The average molecular weight is 351 g/mol. The number of anilines is 1. The van der Waals surface area contributed by atoms with Gasteiger partial charge in [-0.1, -0.05) is 24.3 Å². The van der Waals surface area contributed by atoms with E-state index in [0.717, 1.165) is 22.6 Å². The summed E-state index contributed by atoms with van der Waals surface area (Å²) in [4.78, 5) is 11.6. The SMILES string of the molecule is COc1ccc(COCc2cccc(NC(=O)C(C)N)c2)cc1.Cl. The van der Waals surface area contributed by atoms with Crippen molar-refractivity contribution in [3.8, 4) is 5.75 Å². The Bertz CT molecular complexity index is 645. The number of ether oxygens (including phenoxy) is 2. The third kappa shape index (κ3) is 6.20. The van der Waals surface area contributed by atoms with Crippen LogP contribution in [-0.4, -0.2) is 19.1 Å². The van der Waals surface area contributed by atoms with Crippen molar-refractivity contribution in [1.29, 1.82) is 0 Å². The lowest BCUT2D eigenvalue weighted by Gasteiger charge is -2.10. The van der Waals surface area contributed by atoms with E-state index < -0.39 is 6.04 Å². The number of methoxy groups -OCH3 is 1. The molecule has 0 aromatic heterocycles. The summed E-state index contributed by atoms with van der Waals surface area (Å²) >= 11 is 0. The van der Waals surface area contributed by atoms with Crippen LogP contribution in [0.25, 0.3) is 0 Å². The molecule has 2 aromatic carbocycles. The van der Waals surface area contributed by atoms with E-state index in [1.807, 2.05) is 48.5 Å². The van der Waals surface area contributed by atoms with Gasteiger partial charge in [0.25, 0.3) is 0 Å². The van der Waals surface area contributed by atoms with Crippen LogP contribution in [0.3, 0.4) is 0 Å². The van der Waals surface area contributed by atoms with Crippen molar-refractivity contribution in [3.05, 3.63) is 59.7 Å². The number of halogens is 1. The molecule has 0 radical (unpaired) electrons. The Balaban J connectivity index is 0.00000288. The molecule has 0 fully saturated rings. The van der Waals surface area contributed by atoms with Crippen molar-refractivity contribution in [3.63, 3.8) is 0 Å². The third-order valence-corrected chi connectivity index (χ3v) is 3.30. The topological polar surface area (TPSA) is 73.6 Å². The number of nitrogens with one attached hydrogen (secondary N) is 1. The minimum Gasteiger partial charge on any atom is -0.497 e. The van der Waals surface area contributed by atoms with E-state index in [2.05, 4.69) is 5.32 Å². The van der Waals surface area contributed by atoms with E-state index in [-0.39, 0.29) is 18.3 Å². The van der Waals surface area contributed by atoms with E-state index in [1.54, 1.807) is 14.0 Å². The van der Waals surface area contributed by atoms with Gasteiger partial charge < -0.3 is 20.5 Å². The van der Waals surface area contributed by atoms with E-state index in [9.17, 15) is 4.79 Å². The summed E-state index contributed by atoms with van der Waals surface area (Å²) in [5.41, 5.74) is 8.32. The highest BCUT2D eigenvalue weighted by molar-refractivity contribution is 5.94. The Kier molecular flexibility index (Phi) is 8.26. The smallest absolute Gasteiger partial charge is 0.240 e. The van der Waals surface area contributed by atoms with Crippen LogP contribution in [0.1, 0.15) is 18.1 Å². The zero-order valence-electron chi connectivity index (χ0n) is 13.8. The standard InChI is InChI=1S/C18H22N2O3.ClH/c1-13(19)18(21)20-16-5-3-4-15(10-16)12-23-11-14-6-8-17(22-2)9-7-14;/h3-10,13H,11-12,19H2,1-2H3,(H,20,21);1H. The Morgan fingerprint density at radius 2 is 1.79 bits per heavy atom. The zero-order valence-corrected chi connectivity index (χ0v) is 14.6. The highest BCUT2D eigenvalue weighted by atomic mass is 35.5. The Morgan fingerprint density at radius 1 is 1.12 bits per heavy atom. The second-order valence-electron chi connectivity index (χ2n) is 5.32. The fourth-order valence-electron chi connectivity index (χ4n) is 2.00. The van der Waals surface area contributed by atoms with E-state index in [4.69, 9.17) is 15.2 Å². The van der Waals surface area contributed by atoms with Gasteiger partial charge in [-0.3, -0.25) is 4.79 Å². The Labute approximate surface area is 148 Å². The van der Waals surface area contributed by atoms with Crippen molar-refractivity contribution in [2.45, 2.75) is 26.2 Å². The molecule has 0 aliphatic rings. The maximum atomic E-state index is 11.6. The van der Waals surface area contributed by atoms with Crippen LogP contribution in [0.15, 0.2) is 48.5 Å². The second kappa shape index (κ2) is 9.93. The first-order valence-electron chi connectivity index (χ1n) is 7.44. The van der Waals surface area contributed by atoms with E-state index >= 15 is 0 Å². The fourth-order valence-corrected chi connectivity index (χ4v) is 2.00. The lowest BCUT2D eigenvalue weighted by molar-refractivity contribution is -0.117. The summed E-state index contributed by atoms with van der Waals surface area (Å²) in [7, 11) is 1.64. The predicted octanol–water partition coefficient (Wildman–Crippen LogP) is 3.12. The quantitative estimate of drug-likeness (QED) is 0.804. The summed E-state index contributed by atoms with van der Waals surface area (Å²) in [6, 6.07) is 14.8. The number of hydrogen-bond donors (Lipinski definition) is 2. The molecule has 2 aromatic rings. The van der Waals surface area contributed by atoms with Crippen LogP contribution in [0, 0.1) is 0 Å². The normalized spacial score (nSPS) is 11.3. The summed E-state index contributed by atoms with van der Waals surface area (Å²) in [6.07, 6.45) is 0. The zero-order chi connectivity index (χ0) is 16.7. The van der Waals surface area contributed by atoms with Crippen molar-refractivity contribution in [1.82, 2.24) is 0 Å².